The van der Waals surface area contributed by atoms with Crippen LogP contribution in [0.25, 0.3) is 0 Å². The van der Waals surface area contributed by atoms with E-state index >= 15 is 0 Å². The van der Waals surface area contributed by atoms with E-state index in [0.29, 0.717) is 6.54 Å². The Morgan fingerprint density at radius 3 is 2.89 bits per heavy atom. The molecule has 1 aromatic rings. The molecule has 2 heterocycles. The molecule has 1 aromatic heterocycles. The van der Waals surface area contributed by atoms with Crippen LogP contribution in [0.3, 0.4) is 0 Å². The number of hydrogen-bond acceptors (Lipinski definition) is 4. The first-order chi connectivity index (χ1) is 9.09. The summed E-state index contributed by atoms with van der Waals surface area (Å²) in [5.41, 5.74) is 12.5. The van der Waals surface area contributed by atoms with Crippen molar-refractivity contribution in [3.63, 3.8) is 0 Å². The fraction of sp³-hybridized carbons (Fsp3) is 0.571. The van der Waals surface area contributed by atoms with Crippen LogP contribution in [0.2, 0.25) is 0 Å². The zero-order valence-electron chi connectivity index (χ0n) is 11.3. The molecule has 0 bridgehead atoms. The van der Waals surface area contributed by atoms with Gasteiger partial charge in [-0.3, -0.25) is 14.7 Å². The Bertz CT molecular complexity index is 421. The summed E-state index contributed by atoms with van der Waals surface area (Å²) < 4.78 is 0. The zero-order valence-corrected chi connectivity index (χ0v) is 11.3. The third-order valence-corrected chi connectivity index (χ3v) is 3.74. The van der Waals surface area contributed by atoms with Gasteiger partial charge >= 0.3 is 0 Å². The molecular weight excluding hydrogens is 240 g/mol. The highest BCUT2D eigenvalue weighted by Gasteiger charge is 2.31. The van der Waals surface area contributed by atoms with Crippen LogP contribution in [-0.2, 0) is 4.79 Å². The van der Waals surface area contributed by atoms with Crippen LogP contribution in [0.4, 0.5) is 0 Å². The average Bonchev–Trinajstić information content (AvgIpc) is 2.40. The fourth-order valence-electron chi connectivity index (χ4n) is 2.83. The lowest BCUT2D eigenvalue weighted by Gasteiger charge is -2.38. The van der Waals surface area contributed by atoms with Crippen molar-refractivity contribution in [2.24, 2.45) is 17.4 Å². The second-order valence-electron chi connectivity index (χ2n) is 5.30. The van der Waals surface area contributed by atoms with Crippen LogP contribution >= 0.6 is 0 Å². The van der Waals surface area contributed by atoms with E-state index in [-0.39, 0.29) is 23.9 Å². The molecule has 3 atom stereocenters. The Morgan fingerprint density at radius 2 is 2.32 bits per heavy atom. The number of amides is 1. The summed E-state index contributed by atoms with van der Waals surface area (Å²) in [4.78, 5) is 18.0. The molecule has 19 heavy (non-hydrogen) atoms. The van der Waals surface area contributed by atoms with E-state index in [2.05, 4.69) is 9.88 Å². The van der Waals surface area contributed by atoms with Crippen molar-refractivity contribution in [2.75, 3.05) is 13.1 Å². The van der Waals surface area contributed by atoms with Gasteiger partial charge in [-0.25, -0.2) is 0 Å². The zero-order chi connectivity index (χ0) is 13.8. The molecule has 1 aliphatic heterocycles. The van der Waals surface area contributed by atoms with Crippen molar-refractivity contribution >= 4 is 5.91 Å². The van der Waals surface area contributed by atoms with Gasteiger partial charge < -0.3 is 11.5 Å². The highest BCUT2D eigenvalue weighted by Crippen LogP contribution is 2.27. The van der Waals surface area contributed by atoms with E-state index in [4.69, 9.17) is 11.5 Å². The summed E-state index contributed by atoms with van der Waals surface area (Å²) in [6.07, 6.45) is 3.63. The standard InChI is InChI=1S/C14H22N4O/c1-10(15)13(12-6-2-3-7-17-12)18-8-4-5-11(9-18)14(16)19/h2-3,6-7,10-11,13H,4-5,8-9,15H2,1H3,(H2,16,19). The van der Waals surface area contributed by atoms with Gasteiger partial charge in [-0.1, -0.05) is 6.07 Å². The number of pyridine rings is 1. The highest BCUT2D eigenvalue weighted by atomic mass is 16.1. The number of carbonyl (C=O) groups is 1. The quantitative estimate of drug-likeness (QED) is 0.835. The minimum Gasteiger partial charge on any atom is -0.369 e. The smallest absolute Gasteiger partial charge is 0.221 e. The summed E-state index contributed by atoms with van der Waals surface area (Å²) in [6, 6.07) is 5.85. The van der Waals surface area contributed by atoms with Crippen LogP contribution in [0.1, 0.15) is 31.5 Å². The molecule has 4 N–H and O–H groups in total. The molecule has 1 aliphatic rings. The summed E-state index contributed by atoms with van der Waals surface area (Å²) >= 11 is 0. The number of nitrogens with zero attached hydrogens (tertiary/aromatic N) is 2. The van der Waals surface area contributed by atoms with Gasteiger partial charge in [-0.2, -0.15) is 0 Å². The van der Waals surface area contributed by atoms with Crippen LogP contribution in [0.15, 0.2) is 24.4 Å². The van der Waals surface area contributed by atoms with Gasteiger partial charge in [0.2, 0.25) is 5.91 Å². The molecule has 3 unspecified atom stereocenters. The predicted octanol–water partition coefficient (Wildman–Crippen LogP) is 0.667. The minimum atomic E-state index is -0.214. The number of carbonyl (C=O) groups excluding carboxylic acids is 1. The van der Waals surface area contributed by atoms with Crippen molar-refractivity contribution in [1.29, 1.82) is 0 Å². The Labute approximate surface area is 114 Å². The number of nitrogens with two attached hydrogens (primary N) is 2. The van der Waals surface area contributed by atoms with Crippen LogP contribution in [-0.4, -0.2) is 34.9 Å². The van der Waals surface area contributed by atoms with Crippen molar-refractivity contribution in [1.82, 2.24) is 9.88 Å². The topological polar surface area (TPSA) is 85.2 Å². The average molecular weight is 262 g/mol. The van der Waals surface area contributed by atoms with Crippen molar-refractivity contribution in [3.8, 4) is 0 Å². The van der Waals surface area contributed by atoms with Crippen molar-refractivity contribution < 1.29 is 4.79 Å². The lowest BCUT2D eigenvalue weighted by Crippen LogP contribution is -2.47. The summed E-state index contributed by atoms with van der Waals surface area (Å²) in [7, 11) is 0. The molecule has 0 radical (unpaired) electrons. The van der Waals surface area contributed by atoms with Gasteiger partial charge in [0.15, 0.2) is 0 Å². The molecule has 1 saturated heterocycles. The molecule has 1 fully saturated rings. The monoisotopic (exact) mass is 262 g/mol. The summed E-state index contributed by atoms with van der Waals surface area (Å²) in [5, 5.41) is 0. The SMILES string of the molecule is CC(N)C(c1ccccn1)N1CCCC(C(N)=O)C1. The van der Waals surface area contributed by atoms with Crippen LogP contribution in [0.5, 0.6) is 0 Å². The number of piperidine rings is 1. The number of hydrogen-bond donors (Lipinski definition) is 2. The van der Waals surface area contributed by atoms with Crippen LogP contribution in [0, 0.1) is 5.92 Å². The normalized spacial score (nSPS) is 23.8. The number of rotatable bonds is 4. The minimum absolute atomic E-state index is 0.0403. The molecule has 0 saturated carbocycles. The molecule has 1 amide bonds. The first-order valence-electron chi connectivity index (χ1n) is 6.79. The Balaban J connectivity index is 2.18. The van der Waals surface area contributed by atoms with E-state index in [9.17, 15) is 4.79 Å². The van der Waals surface area contributed by atoms with E-state index in [1.165, 1.54) is 0 Å². The highest BCUT2D eigenvalue weighted by molar-refractivity contribution is 5.76. The maximum atomic E-state index is 11.4. The second-order valence-corrected chi connectivity index (χ2v) is 5.30. The van der Waals surface area contributed by atoms with E-state index < -0.39 is 0 Å². The van der Waals surface area contributed by atoms with E-state index in [1.807, 2.05) is 25.1 Å². The predicted molar refractivity (Wildman–Crippen MR) is 74.1 cm³/mol. The molecule has 0 aliphatic carbocycles. The van der Waals surface area contributed by atoms with Crippen LogP contribution < -0.4 is 11.5 Å². The number of primary amides is 1. The Hall–Kier alpha value is -1.46. The fourth-order valence-corrected chi connectivity index (χ4v) is 2.83. The summed E-state index contributed by atoms with van der Waals surface area (Å²) in [5.74, 6) is -0.284. The molecule has 104 valence electrons. The lowest BCUT2D eigenvalue weighted by atomic mass is 9.93. The first-order valence-corrected chi connectivity index (χ1v) is 6.79. The van der Waals surface area contributed by atoms with E-state index in [1.54, 1.807) is 6.20 Å². The second kappa shape index (κ2) is 6.12. The van der Waals surface area contributed by atoms with Gasteiger partial charge in [0.25, 0.3) is 0 Å². The molecular formula is C14H22N4O. The number of aromatic nitrogens is 1. The van der Waals surface area contributed by atoms with Gasteiger partial charge in [-0.05, 0) is 38.4 Å². The third-order valence-electron chi connectivity index (χ3n) is 3.74. The van der Waals surface area contributed by atoms with Gasteiger partial charge in [0.1, 0.15) is 0 Å². The molecule has 5 nitrogen and oxygen atoms in total. The van der Waals surface area contributed by atoms with Gasteiger partial charge in [0, 0.05) is 18.8 Å². The van der Waals surface area contributed by atoms with E-state index in [0.717, 1.165) is 25.1 Å². The third kappa shape index (κ3) is 3.30. The van der Waals surface area contributed by atoms with Gasteiger partial charge in [-0.15, -0.1) is 0 Å². The van der Waals surface area contributed by atoms with Crippen molar-refractivity contribution in [2.45, 2.75) is 31.8 Å². The molecule has 0 spiro atoms. The molecule has 2 rings (SSSR count). The lowest BCUT2D eigenvalue weighted by molar-refractivity contribution is -0.123. The first kappa shape index (κ1) is 14.0. The number of likely N-dealkylation sites (tertiary alicyclic amines) is 1. The van der Waals surface area contributed by atoms with Gasteiger partial charge in [0.05, 0.1) is 17.7 Å². The maximum absolute atomic E-state index is 11.4. The maximum Gasteiger partial charge on any atom is 0.221 e. The largest absolute Gasteiger partial charge is 0.369 e. The Morgan fingerprint density at radius 1 is 1.53 bits per heavy atom. The Kier molecular flexibility index (Phi) is 4.50. The molecule has 0 aromatic carbocycles. The molecule has 5 heteroatoms. The summed E-state index contributed by atoms with van der Waals surface area (Å²) in [6.45, 7) is 3.60. The van der Waals surface area contributed by atoms with Crippen molar-refractivity contribution in [3.05, 3.63) is 30.1 Å².